The van der Waals surface area contributed by atoms with Crippen LogP contribution in [0.25, 0.3) is 0 Å². The van der Waals surface area contributed by atoms with Crippen molar-refractivity contribution in [2.45, 2.75) is 44.9 Å². The maximum atomic E-state index is 12.8. The maximum absolute atomic E-state index is 12.8. The van der Waals surface area contributed by atoms with Gasteiger partial charge in [0.05, 0.1) is 11.8 Å². The molecule has 3 aromatic rings. The van der Waals surface area contributed by atoms with Crippen molar-refractivity contribution in [3.63, 3.8) is 0 Å². The molecular formula is C29H27ClN4O2S. The highest BCUT2D eigenvalue weighted by atomic mass is 35.5. The van der Waals surface area contributed by atoms with Gasteiger partial charge >= 0.3 is 0 Å². The quantitative estimate of drug-likeness (QED) is 0.411. The number of nitrogens with zero attached hydrogens (tertiary/aromatic N) is 3. The number of aliphatic imine (C=N–C) groups is 1. The molecular weight excluding hydrogens is 504 g/mol. The van der Waals surface area contributed by atoms with E-state index in [1.807, 2.05) is 67.4 Å². The van der Waals surface area contributed by atoms with E-state index in [1.165, 1.54) is 11.8 Å². The van der Waals surface area contributed by atoms with Crippen LogP contribution >= 0.6 is 23.4 Å². The lowest BCUT2D eigenvalue weighted by atomic mass is 9.97. The molecule has 2 aliphatic heterocycles. The fraction of sp³-hybridized carbons (Fsp3) is 0.241. The van der Waals surface area contributed by atoms with E-state index in [0.717, 1.165) is 39.2 Å². The number of halogens is 1. The Hall–Kier alpha value is -3.42. The number of aryl methyl sites for hydroxylation is 3. The minimum Gasteiger partial charge on any atom is -0.326 e. The van der Waals surface area contributed by atoms with Crippen LogP contribution in [0.15, 0.2) is 76.8 Å². The van der Waals surface area contributed by atoms with Crippen molar-refractivity contribution in [3.8, 4) is 0 Å². The van der Waals surface area contributed by atoms with Crippen LogP contribution in [-0.2, 0) is 9.59 Å². The molecule has 2 atom stereocenters. The zero-order valence-corrected chi connectivity index (χ0v) is 22.4. The number of carbonyl (C=O) groups is 2. The Morgan fingerprint density at radius 1 is 1.05 bits per heavy atom. The van der Waals surface area contributed by atoms with Crippen LogP contribution in [0.5, 0.6) is 0 Å². The first-order chi connectivity index (χ1) is 17.8. The highest BCUT2D eigenvalue weighted by Crippen LogP contribution is 2.39. The molecule has 1 N–H and O–H groups in total. The lowest BCUT2D eigenvalue weighted by molar-refractivity contribution is -0.121. The van der Waals surface area contributed by atoms with Crippen molar-refractivity contribution in [1.82, 2.24) is 5.01 Å². The summed E-state index contributed by atoms with van der Waals surface area (Å²) >= 11 is 7.39. The summed E-state index contributed by atoms with van der Waals surface area (Å²) in [5, 5.41) is 10.2. The molecule has 2 aliphatic rings. The number of amides is 2. The summed E-state index contributed by atoms with van der Waals surface area (Å²) in [5.74, 6) is -0.527. The maximum Gasteiger partial charge on any atom is 0.262 e. The number of thioether (sulfide) groups is 1. The Morgan fingerprint density at radius 2 is 1.84 bits per heavy atom. The summed E-state index contributed by atoms with van der Waals surface area (Å²) in [6.45, 7) is 6.08. The summed E-state index contributed by atoms with van der Waals surface area (Å²) in [7, 11) is 0. The molecule has 0 aliphatic carbocycles. The van der Waals surface area contributed by atoms with Gasteiger partial charge in [0.1, 0.15) is 5.25 Å². The number of carbonyl (C=O) groups excluding carboxylic acids is 2. The first kappa shape index (κ1) is 25.2. The highest BCUT2D eigenvalue weighted by molar-refractivity contribution is 8.15. The summed E-state index contributed by atoms with van der Waals surface area (Å²) in [6, 6.07) is 21.5. The molecule has 8 heteroatoms. The van der Waals surface area contributed by atoms with Gasteiger partial charge in [-0.2, -0.15) is 10.1 Å². The minimum absolute atomic E-state index is 0.0418. The second kappa shape index (κ2) is 10.5. The number of nitrogens with one attached hydrogen (secondary N) is 1. The lowest BCUT2D eigenvalue weighted by Gasteiger charge is -2.23. The van der Waals surface area contributed by atoms with Gasteiger partial charge in [-0.1, -0.05) is 71.4 Å². The Morgan fingerprint density at radius 3 is 2.57 bits per heavy atom. The number of anilines is 1. The Balaban J connectivity index is 1.35. The third-order valence-electron chi connectivity index (χ3n) is 6.60. The second-order valence-corrected chi connectivity index (χ2v) is 11.0. The van der Waals surface area contributed by atoms with Gasteiger partial charge in [-0.15, -0.1) is 0 Å². The molecule has 0 spiro atoms. The SMILES string of the molecule is Cc1cccc([C@H]2CC(c3ccc(Cl)cc3)=NN2C2=NC(=O)[C@@H](CC(=O)Nc3ccc(C)c(C)c3)S2)c1. The van der Waals surface area contributed by atoms with Crippen molar-refractivity contribution in [3.05, 3.63) is 99.6 Å². The average molecular weight is 531 g/mol. The molecule has 0 fully saturated rings. The van der Waals surface area contributed by atoms with Crippen LogP contribution in [-0.4, -0.2) is 33.0 Å². The van der Waals surface area contributed by atoms with Crippen LogP contribution < -0.4 is 5.32 Å². The van der Waals surface area contributed by atoms with E-state index in [0.29, 0.717) is 16.6 Å². The van der Waals surface area contributed by atoms with Crippen LogP contribution in [0, 0.1) is 20.8 Å². The standard InChI is InChI=1S/C29H27ClN4O2S/c1-17-5-4-6-21(13-17)25-15-24(20-8-10-22(30)11-9-20)33-34(25)29-32-28(36)26(37-29)16-27(35)31-23-12-7-18(2)19(3)14-23/h4-14,25-26H,15-16H2,1-3H3,(H,31,35)/t25-,26-/m1/s1. The monoisotopic (exact) mass is 530 g/mol. The number of hydrogen-bond donors (Lipinski definition) is 1. The average Bonchev–Trinajstić information content (AvgIpc) is 3.46. The molecule has 2 amide bonds. The van der Waals surface area contributed by atoms with Crippen LogP contribution in [0.4, 0.5) is 5.69 Å². The Bertz CT molecular complexity index is 1430. The van der Waals surface area contributed by atoms with Crippen LogP contribution in [0.3, 0.4) is 0 Å². The molecule has 188 valence electrons. The molecule has 6 nitrogen and oxygen atoms in total. The first-order valence-corrected chi connectivity index (χ1v) is 13.4. The third-order valence-corrected chi connectivity index (χ3v) is 8.00. The van der Waals surface area contributed by atoms with Crippen molar-refractivity contribution < 1.29 is 9.59 Å². The Labute approximate surface area is 225 Å². The molecule has 0 aromatic heterocycles. The van der Waals surface area contributed by atoms with Crippen molar-refractivity contribution in [2.24, 2.45) is 10.1 Å². The molecule has 0 unspecified atom stereocenters. The lowest BCUT2D eigenvalue weighted by Crippen LogP contribution is -2.25. The van der Waals surface area contributed by atoms with Gasteiger partial charge in [0.15, 0.2) is 5.17 Å². The number of benzene rings is 3. The fourth-order valence-electron chi connectivity index (χ4n) is 4.44. The summed E-state index contributed by atoms with van der Waals surface area (Å²) in [5.41, 5.74) is 7.10. The predicted molar refractivity (Wildman–Crippen MR) is 151 cm³/mol. The van der Waals surface area contributed by atoms with Gasteiger partial charge in [-0.05, 0) is 67.3 Å². The Kier molecular flexibility index (Phi) is 7.17. The third kappa shape index (κ3) is 5.63. The minimum atomic E-state index is -0.588. The van der Waals surface area contributed by atoms with Gasteiger partial charge in [0, 0.05) is 23.6 Å². The van der Waals surface area contributed by atoms with E-state index in [4.69, 9.17) is 16.7 Å². The van der Waals surface area contributed by atoms with Crippen molar-refractivity contribution >= 4 is 51.7 Å². The van der Waals surface area contributed by atoms with E-state index in [-0.39, 0.29) is 24.3 Å². The number of amidine groups is 1. The number of rotatable bonds is 5. The zero-order valence-electron chi connectivity index (χ0n) is 20.9. The molecule has 3 aromatic carbocycles. The summed E-state index contributed by atoms with van der Waals surface area (Å²) in [4.78, 5) is 29.9. The van der Waals surface area contributed by atoms with Gasteiger partial charge in [0.2, 0.25) is 5.91 Å². The molecule has 5 rings (SSSR count). The van der Waals surface area contributed by atoms with Gasteiger partial charge in [0.25, 0.3) is 5.91 Å². The first-order valence-electron chi connectivity index (χ1n) is 12.1. The number of hydrogen-bond acceptors (Lipinski definition) is 5. The fourth-order valence-corrected chi connectivity index (χ4v) is 5.63. The topological polar surface area (TPSA) is 74.1 Å². The van der Waals surface area contributed by atoms with Crippen LogP contribution in [0.2, 0.25) is 5.02 Å². The summed E-state index contributed by atoms with van der Waals surface area (Å²) in [6.07, 6.45) is 0.705. The van der Waals surface area contributed by atoms with Gasteiger partial charge < -0.3 is 5.32 Å². The van der Waals surface area contributed by atoms with Crippen molar-refractivity contribution in [2.75, 3.05) is 5.32 Å². The predicted octanol–water partition coefficient (Wildman–Crippen LogP) is 6.44. The van der Waals surface area contributed by atoms with Crippen LogP contribution in [0.1, 0.15) is 46.7 Å². The molecule has 0 bridgehead atoms. The van der Waals surface area contributed by atoms with Gasteiger partial charge in [-0.3, -0.25) is 9.59 Å². The van der Waals surface area contributed by atoms with E-state index >= 15 is 0 Å². The smallest absolute Gasteiger partial charge is 0.262 e. The molecule has 0 radical (unpaired) electrons. The normalized spacial score (nSPS) is 19.1. The molecule has 37 heavy (non-hydrogen) atoms. The molecule has 2 heterocycles. The van der Waals surface area contributed by atoms with Gasteiger partial charge in [-0.25, -0.2) is 5.01 Å². The van der Waals surface area contributed by atoms with E-state index in [2.05, 4.69) is 35.4 Å². The molecule has 0 saturated heterocycles. The largest absolute Gasteiger partial charge is 0.326 e. The van der Waals surface area contributed by atoms with E-state index in [9.17, 15) is 9.59 Å². The zero-order chi connectivity index (χ0) is 26.1. The van der Waals surface area contributed by atoms with Crippen molar-refractivity contribution in [1.29, 1.82) is 0 Å². The molecule has 0 saturated carbocycles. The summed E-state index contributed by atoms with van der Waals surface area (Å²) < 4.78 is 0. The van der Waals surface area contributed by atoms with E-state index < -0.39 is 5.25 Å². The van der Waals surface area contributed by atoms with E-state index in [1.54, 1.807) is 0 Å². The second-order valence-electron chi connectivity index (χ2n) is 9.42. The highest BCUT2D eigenvalue weighted by Gasteiger charge is 2.39. The number of hydrazone groups is 1.